The molecule has 1 aliphatic rings. The summed E-state index contributed by atoms with van der Waals surface area (Å²) in [6, 6.07) is 5.72. The molecule has 0 bridgehead atoms. The van der Waals surface area contributed by atoms with E-state index in [-0.39, 0.29) is 6.09 Å². The molecule has 1 heterocycles. The summed E-state index contributed by atoms with van der Waals surface area (Å²) in [5.41, 5.74) is 2.34. The Balaban J connectivity index is 1.99. The zero-order valence-electron chi connectivity index (χ0n) is 11.0. The maximum atomic E-state index is 12.0. The predicted molar refractivity (Wildman–Crippen MR) is 71.0 cm³/mol. The van der Waals surface area contributed by atoms with Crippen molar-refractivity contribution in [3.05, 3.63) is 29.3 Å². The Bertz CT molecular complexity index is 424. The average molecular weight is 248 g/mol. The number of nitrogens with zero attached hydrogens (tertiary/aromatic N) is 1. The van der Waals surface area contributed by atoms with Crippen LogP contribution in [0.1, 0.15) is 17.5 Å². The zero-order chi connectivity index (χ0) is 13.0. The quantitative estimate of drug-likeness (QED) is 0.827. The molecular formula is C14H20N2O2. The van der Waals surface area contributed by atoms with Crippen LogP contribution in [-0.4, -0.2) is 37.2 Å². The summed E-state index contributed by atoms with van der Waals surface area (Å²) >= 11 is 0. The molecule has 98 valence electrons. The maximum absolute atomic E-state index is 12.0. The minimum atomic E-state index is -0.248. The van der Waals surface area contributed by atoms with E-state index in [4.69, 9.17) is 4.74 Å². The second-order valence-corrected chi connectivity index (χ2v) is 4.70. The molecule has 0 unspecified atom stereocenters. The van der Waals surface area contributed by atoms with Crippen LogP contribution >= 0.6 is 0 Å². The van der Waals surface area contributed by atoms with Gasteiger partial charge in [-0.1, -0.05) is 6.07 Å². The molecule has 1 saturated heterocycles. The van der Waals surface area contributed by atoms with Gasteiger partial charge in [0.15, 0.2) is 0 Å². The van der Waals surface area contributed by atoms with Crippen molar-refractivity contribution in [2.45, 2.75) is 20.3 Å². The van der Waals surface area contributed by atoms with Gasteiger partial charge in [-0.3, -0.25) is 0 Å². The van der Waals surface area contributed by atoms with Gasteiger partial charge in [-0.15, -0.1) is 0 Å². The summed E-state index contributed by atoms with van der Waals surface area (Å²) in [4.78, 5) is 13.8. The molecule has 1 fully saturated rings. The van der Waals surface area contributed by atoms with E-state index in [1.807, 2.05) is 32.0 Å². The highest BCUT2D eigenvalue weighted by Gasteiger charge is 2.17. The number of nitrogens with one attached hydrogen (secondary N) is 1. The van der Waals surface area contributed by atoms with E-state index in [0.29, 0.717) is 12.3 Å². The molecule has 0 aliphatic carbocycles. The molecule has 1 N–H and O–H groups in total. The summed E-state index contributed by atoms with van der Waals surface area (Å²) in [5, 5.41) is 3.26. The van der Waals surface area contributed by atoms with Crippen molar-refractivity contribution >= 4 is 6.09 Å². The van der Waals surface area contributed by atoms with Gasteiger partial charge >= 0.3 is 6.09 Å². The minimum Gasteiger partial charge on any atom is -0.410 e. The third-order valence-corrected chi connectivity index (χ3v) is 3.28. The van der Waals surface area contributed by atoms with Crippen molar-refractivity contribution < 1.29 is 9.53 Å². The first kappa shape index (κ1) is 12.9. The van der Waals surface area contributed by atoms with Crippen LogP contribution in [0.2, 0.25) is 0 Å². The molecule has 0 saturated carbocycles. The first-order chi connectivity index (χ1) is 8.66. The Hall–Kier alpha value is -1.55. The summed E-state index contributed by atoms with van der Waals surface area (Å²) in [7, 11) is 0. The van der Waals surface area contributed by atoms with Crippen LogP contribution in [0.3, 0.4) is 0 Å². The highest BCUT2D eigenvalue weighted by Crippen LogP contribution is 2.17. The van der Waals surface area contributed by atoms with Crippen molar-refractivity contribution in [2.75, 3.05) is 26.2 Å². The molecule has 4 heteroatoms. The topological polar surface area (TPSA) is 41.6 Å². The zero-order valence-corrected chi connectivity index (χ0v) is 11.0. The standard InChI is InChI=1S/C14H20N2O2/c1-11-4-5-13(10-12(11)2)18-14(17)16-8-3-6-15-7-9-16/h4-5,10,15H,3,6-9H2,1-2H3. The number of aryl methyl sites for hydroxylation is 2. The molecular weight excluding hydrogens is 228 g/mol. The number of hydrogen-bond donors (Lipinski definition) is 1. The molecule has 0 radical (unpaired) electrons. The molecule has 4 nitrogen and oxygen atoms in total. The van der Waals surface area contributed by atoms with Gasteiger partial charge in [0.05, 0.1) is 0 Å². The summed E-state index contributed by atoms with van der Waals surface area (Å²) in [5.74, 6) is 0.625. The van der Waals surface area contributed by atoms with Gasteiger partial charge in [0, 0.05) is 19.6 Å². The highest BCUT2D eigenvalue weighted by atomic mass is 16.6. The van der Waals surface area contributed by atoms with Gasteiger partial charge in [0.25, 0.3) is 0 Å². The first-order valence-electron chi connectivity index (χ1n) is 6.41. The number of carbonyl (C=O) groups excluding carboxylic acids is 1. The van der Waals surface area contributed by atoms with Gasteiger partial charge in [-0.05, 0) is 50.1 Å². The van der Waals surface area contributed by atoms with Gasteiger partial charge in [-0.2, -0.15) is 0 Å². The number of benzene rings is 1. The van der Waals surface area contributed by atoms with Crippen molar-refractivity contribution in [1.29, 1.82) is 0 Å². The Morgan fingerprint density at radius 1 is 1.22 bits per heavy atom. The van der Waals surface area contributed by atoms with E-state index in [2.05, 4.69) is 5.32 Å². The monoisotopic (exact) mass is 248 g/mol. The summed E-state index contributed by atoms with van der Waals surface area (Å²) < 4.78 is 5.40. The van der Waals surface area contributed by atoms with E-state index in [1.54, 1.807) is 4.90 Å². The Morgan fingerprint density at radius 2 is 2.06 bits per heavy atom. The van der Waals surface area contributed by atoms with Gasteiger partial charge in [0.1, 0.15) is 5.75 Å². The van der Waals surface area contributed by atoms with E-state index < -0.39 is 0 Å². The fraction of sp³-hybridized carbons (Fsp3) is 0.500. The van der Waals surface area contributed by atoms with Gasteiger partial charge in [-0.25, -0.2) is 4.79 Å². The van der Waals surface area contributed by atoms with Crippen LogP contribution in [-0.2, 0) is 0 Å². The second kappa shape index (κ2) is 5.87. The number of amides is 1. The molecule has 1 aliphatic heterocycles. The number of hydrogen-bond acceptors (Lipinski definition) is 3. The summed E-state index contributed by atoms with van der Waals surface area (Å²) in [6.45, 7) is 7.33. The lowest BCUT2D eigenvalue weighted by atomic mass is 10.1. The molecule has 0 aromatic heterocycles. The Labute approximate surface area is 108 Å². The van der Waals surface area contributed by atoms with Crippen LogP contribution in [0, 0.1) is 13.8 Å². The molecule has 1 amide bonds. The lowest BCUT2D eigenvalue weighted by molar-refractivity contribution is 0.155. The van der Waals surface area contributed by atoms with E-state index in [0.717, 1.165) is 31.6 Å². The van der Waals surface area contributed by atoms with Crippen LogP contribution in [0.4, 0.5) is 4.79 Å². The number of ether oxygens (including phenoxy) is 1. The predicted octanol–water partition coefficient (Wildman–Crippen LogP) is 2.10. The SMILES string of the molecule is Cc1ccc(OC(=O)N2CCCNCC2)cc1C. The molecule has 0 atom stereocenters. The van der Waals surface area contributed by atoms with Crippen molar-refractivity contribution in [2.24, 2.45) is 0 Å². The second-order valence-electron chi connectivity index (χ2n) is 4.70. The maximum Gasteiger partial charge on any atom is 0.415 e. The lowest BCUT2D eigenvalue weighted by Gasteiger charge is -2.19. The molecule has 1 aromatic carbocycles. The van der Waals surface area contributed by atoms with Crippen LogP contribution in [0.5, 0.6) is 5.75 Å². The normalized spacial score (nSPS) is 16.2. The van der Waals surface area contributed by atoms with Crippen molar-refractivity contribution in [1.82, 2.24) is 10.2 Å². The van der Waals surface area contributed by atoms with Crippen molar-refractivity contribution in [3.8, 4) is 5.75 Å². The first-order valence-corrected chi connectivity index (χ1v) is 6.41. The number of rotatable bonds is 1. The van der Waals surface area contributed by atoms with E-state index >= 15 is 0 Å². The van der Waals surface area contributed by atoms with E-state index in [9.17, 15) is 4.79 Å². The van der Waals surface area contributed by atoms with Crippen LogP contribution in [0.15, 0.2) is 18.2 Å². The molecule has 0 spiro atoms. The molecule has 18 heavy (non-hydrogen) atoms. The molecule has 2 rings (SSSR count). The third kappa shape index (κ3) is 3.23. The fourth-order valence-electron chi connectivity index (χ4n) is 1.97. The third-order valence-electron chi connectivity index (χ3n) is 3.28. The molecule has 1 aromatic rings. The largest absolute Gasteiger partial charge is 0.415 e. The Morgan fingerprint density at radius 3 is 2.83 bits per heavy atom. The smallest absolute Gasteiger partial charge is 0.410 e. The fourth-order valence-corrected chi connectivity index (χ4v) is 1.97. The number of carbonyl (C=O) groups is 1. The van der Waals surface area contributed by atoms with Crippen LogP contribution < -0.4 is 10.1 Å². The minimum absolute atomic E-state index is 0.248. The van der Waals surface area contributed by atoms with Gasteiger partial charge in [0.2, 0.25) is 0 Å². The lowest BCUT2D eigenvalue weighted by Crippen LogP contribution is -2.36. The van der Waals surface area contributed by atoms with Crippen molar-refractivity contribution in [3.63, 3.8) is 0 Å². The average Bonchev–Trinajstić information content (AvgIpc) is 2.62. The van der Waals surface area contributed by atoms with Crippen LogP contribution in [0.25, 0.3) is 0 Å². The van der Waals surface area contributed by atoms with E-state index in [1.165, 1.54) is 5.56 Å². The van der Waals surface area contributed by atoms with Gasteiger partial charge < -0.3 is 15.0 Å². The summed E-state index contributed by atoms with van der Waals surface area (Å²) in [6.07, 6.45) is 0.726. The Kier molecular flexibility index (Phi) is 4.20. The highest BCUT2D eigenvalue weighted by molar-refractivity contribution is 5.70.